The second-order valence-electron chi connectivity index (χ2n) is 7.92. The number of amides is 1. The molecule has 1 N–H and O–H groups in total. The highest BCUT2D eigenvalue weighted by atomic mass is 32.1. The summed E-state index contributed by atoms with van der Waals surface area (Å²) in [5, 5.41) is 7.52. The van der Waals surface area contributed by atoms with Crippen molar-refractivity contribution in [3.63, 3.8) is 0 Å². The number of anilines is 1. The summed E-state index contributed by atoms with van der Waals surface area (Å²) in [5.74, 6) is -0.361. The van der Waals surface area contributed by atoms with Gasteiger partial charge in [0.2, 0.25) is 0 Å². The van der Waals surface area contributed by atoms with Crippen LogP contribution in [0.15, 0.2) is 72.8 Å². The summed E-state index contributed by atoms with van der Waals surface area (Å²) in [7, 11) is 0. The van der Waals surface area contributed by atoms with Gasteiger partial charge in [-0.05, 0) is 49.4 Å². The van der Waals surface area contributed by atoms with Crippen LogP contribution < -0.4 is 5.32 Å². The van der Waals surface area contributed by atoms with Crippen LogP contribution in [-0.4, -0.2) is 28.3 Å². The molecule has 0 aliphatic heterocycles. The maximum absolute atomic E-state index is 12.6. The van der Waals surface area contributed by atoms with Gasteiger partial charge in [0, 0.05) is 16.5 Å². The molecule has 166 valence electrons. The van der Waals surface area contributed by atoms with Crippen molar-refractivity contribution >= 4 is 29.0 Å². The molecule has 1 aliphatic carbocycles. The van der Waals surface area contributed by atoms with Gasteiger partial charge >= 0.3 is 5.97 Å². The van der Waals surface area contributed by atoms with Crippen LogP contribution >= 0.6 is 11.3 Å². The maximum Gasteiger partial charge on any atom is 0.348 e. The summed E-state index contributed by atoms with van der Waals surface area (Å²) in [5.41, 5.74) is 3.73. The number of hydrogen-bond donors (Lipinski definition) is 1. The fourth-order valence-corrected chi connectivity index (χ4v) is 5.11. The second-order valence-corrected chi connectivity index (χ2v) is 9.06. The molecule has 0 atom stereocenters. The lowest BCUT2D eigenvalue weighted by Crippen LogP contribution is -2.22. The van der Waals surface area contributed by atoms with E-state index in [0.717, 1.165) is 42.6 Å². The van der Waals surface area contributed by atoms with Crippen molar-refractivity contribution in [2.45, 2.75) is 25.7 Å². The highest BCUT2D eigenvalue weighted by molar-refractivity contribution is 7.14. The summed E-state index contributed by atoms with van der Waals surface area (Å²) < 4.78 is 6.98. The molecule has 0 radical (unpaired) electrons. The quantitative estimate of drug-likeness (QED) is 0.400. The number of rotatable bonds is 6. The molecule has 5 rings (SSSR count). The smallest absolute Gasteiger partial charge is 0.348 e. The average Bonchev–Trinajstić information content (AvgIpc) is 3.48. The molecule has 33 heavy (non-hydrogen) atoms. The number of esters is 1. The van der Waals surface area contributed by atoms with E-state index in [0.29, 0.717) is 10.7 Å². The Kier molecular flexibility index (Phi) is 6.04. The van der Waals surface area contributed by atoms with Gasteiger partial charge < -0.3 is 10.1 Å². The lowest BCUT2D eigenvalue weighted by Gasteiger charge is -2.09. The van der Waals surface area contributed by atoms with E-state index in [2.05, 4.69) is 10.4 Å². The Balaban J connectivity index is 1.30. The highest BCUT2D eigenvalue weighted by Crippen LogP contribution is 2.30. The first-order valence-electron chi connectivity index (χ1n) is 11.0. The molecule has 0 saturated carbocycles. The number of hydrogen-bond acceptors (Lipinski definition) is 5. The number of benzene rings is 2. The van der Waals surface area contributed by atoms with Gasteiger partial charge in [0.25, 0.3) is 5.91 Å². The standard InChI is InChI=1S/C26H23N3O3S/c30-25(17-32-26(31)23-15-19-11-7-8-14-22(19)33-23)27-24-16-21(18-9-3-1-4-10-18)28-29(24)20-12-5-2-6-13-20/h1-6,9-10,12-13,15-16H,7-8,11,14,17H2,(H,27,30). The van der Waals surface area contributed by atoms with Gasteiger partial charge in [-0.15, -0.1) is 11.3 Å². The molecule has 6 nitrogen and oxygen atoms in total. The topological polar surface area (TPSA) is 73.2 Å². The lowest BCUT2D eigenvalue weighted by atomic mass is 9.99. The Hall–Kier alpha value is -3.71. The first kappa shape index (κ1) is 21.2. The van der Waals surface area contributed by atoms with Crippen LogP contribution in [0, 0.1) is 0 Å². The molecule has 0 spiro atoms. The zero-order chi connectivity index (χ0) is 22.6. The second kappa shape index (κ2) is 9.42. The van der Waals surface area contributed by atoms with Crippen molar-refractivity contribution < 1.29 is 14.3 Å². The monoisotopic (exact) mass is 457 g/mol. The van der Waals surface area contributed by atoms with E-state index >= 15 is 0 Å². The third-order valence-electron chi connectivity index (χ3n) is 5.58. The number of thiophene rings is 1. The number of fused-ring (bicyclic) bond motifs is 1. The molecule has 0 unspecified atom stereocenters. The third-order valence-corrected chi connectivity index (χ3v) is 6.80. The molecular weight excluding hydrogens is 434 g/mol. The summed E-state index contributed by atoms with van der Waals surface area (Å²) >= 11 is 1.48. The van der Waals surface area contributed by atoms with Crippen molar-refractivity contribution in [2.24, 2.45) is 0 Å². The molecule has 0 fully saturated rings. The van der Waals surface area contributed by atoms with E-state index in [1.165, 1.54) is 21.8 Å². The summed E-state index contributed by atoms with van der Waals surface area (Å²) in [6.45, 7) is -0.359. The van der Waals surface area contributed by atoms with Crippen LogP contribution in [0.1, 0.15) is 33.0 Å². The van der Waals surface area contributed by atoms with Crippen molar-refractivity contribution in [2.75, 3.05) is 11.9 Å². The molecule has 7 heteroatoms. The number of nitrogens with zero attached hydrogens (tertiary/aromatic N) is 2. The minimum Gasteiger partial charge on any atom is -0.451 e. The Bertz CT molecular complexity index is 1260. The molecule has 1 amide bonds. The SMILES string of the molecule is O=C(COC(=O)c1cc2c(s1)CCCC2)Nc1cc(-c2ccccc2)nn1-c1ccccc1. The molecule has 2 aromatic heterocycles. The number of aromatic nitrogens is 2. The predicted molar refractivity (Wildman–Crippen MR) is 129 cm³/mol. The number of para-hydroxylation sites is 1. The van der Waals surface area contributed by atoms with Gasteiger partial charge in [-0.3, -0.25) is 4.79 Å². The zero-order valence-corrected chi connectivity index (χ0v) is 18.8. The van der Waals surface area contributed by atoms with Crippen molar-refractivity contribution in [1.29, 1.82) is 0 Å². The zero-order valence-electron chi connectivity index (χ0n) is 18.0. The first-order chi connectivity index (χ1) is 16.2. The fourth-order valence-electron chi connectivity index (χ4n) is 3.96. The molecule has 2 heterocycles. The number of carbonyl (C=O) groups is 2. The van der Waals surface area contributed by atoms with Crippen LogP contribution in [0.2, 0.25) is 0 Å². The van der Waals surface area contributed by atoms with E-state index in [1.54, 1.807) is 4.68 Å². The molecular formula is C26H23N3O3S. The Morgan fingerprint density at radius 3 is 2.45 bits per heavy atom. The first-order valence-corrected chi connectivity index (χ1v) is 11.8. The summed E-state index contributed by atoms with van der Waals surface area (Å²) in [6.07, 6.45) is 4.33. The van der Waals surface area contributed by atoms with Gasteiger partial charge in [-0.2, -0.15) is 5.10 Å². The van der Waals surface area contributed by atoms with Gasteiger partial charge in [-0.25, -0.2) is 9.48 Å². The largest absolute Gasteiger partial charge is 0.451 e. The minimum absolute atomic E-state index is 0.359. The van der Waals surface area contributed by atoms with E-state index in [4.69, 9.17) is 4.74 Å². The fraction of sp³-hybridized carbons (Fsp3) is 0.192. The Morgan fingerprint density at radius 2 is 1.70 bits per heavy atom. The normalized spacial score (nSPS) is 12.7. The minimum atomic E-state index is -0.453. The van der Waals surface area contributed by atoms with Gasteiger partial charge in [0.15, 0.2) is 6.61 Å². The number of ether oxygens (including phenoxy) is 1. The molecule has 0 saturated heterocycles. The van der Waals surface area contributed by atoms with Crippen LogP contribution in [0.3, 0.4) is 0 Å². The molecule has 2 aromatic carbocycles. The number of nitrogens with one attached hydrogen (secondary N) is 1. The summed E-state index contributed by atoms with van der Waals surface area (Å²) in [4.78, 5) is 27.0. The van der Waals surface area contributed by atoms with Crippen LogP contribution in [-0.2, 0) is 22.4 Å². The summed E-state index contributed by atoms with van der Waals surface area (Å²) in [6, 6.07) is 23.0. The van der Waals surface area contributed by atoms with E-state index < -0.39 is 11.9 Å². The third kappa shape index (κ3) is 4.73. The van der Waals surface area contributed by atoms with E-state index in [9.17, 15) is 9.59 Å². The highest BCUT2D eigenvalue weighted by Gasteiger charge is 2.20. The molecule has 1 aliphatic rings. The van der Waals surface area contributed by atoms with Crippen LogP contribution in [0.4, 0.5) is 5.82 Å². The van der Waals surface area contributed by atoms with Crippen LogP contribution in [0.25, 0.3) is 16.9 Å². The van der Waals surface area contributed by atoms with Crippen molar-refractivity contribution in [1.82, 2.24) is 9.78 Å². The molecule has 4 aromatic rings. The van der Waals surface area contributed by atoms with E-state index in [-0.39, 0.29) is 6.61 Å². The predicted octanol–water partition coefficient (Wildman–Crippen LogP) is 5.28. The van der Waals surface area contributed by atoms with Crippen LogP contribution in [0.5, 0.6) is 0 Å². The average molecular weight is 458 g/mol. The Labute approximate surface area is 195 Å². The maximum atomic E-state index is 12.6. The van der Waals surface area contributed by atoms with Gasteiger partial charge in [0.1, 0.15) is 10.7 Å². The van der Waals surface area contributed by atoms with E-state index in [1.807, 2.05) is 72.8 Å². The molecule has 0 bridgehead atoms. The lowest BCUT2D eigenvalue weighted by molar-refractivity contribution is -0.119. The number of aryl methyl sites for hydroxylation is 2. The van der Waals surface area contributed by atoms with Crippen molar-refractivity contribution in [3.05, 3.63) is 88.1 Å². The van der Waals surface area contributed by atoms with Gasteiger partial charge in [-0.1, -0.05) is 48.5 Å². The Morgan fingerprint density at radius 1 is 0.970 bits per heavy atom. The van der Waals surface area contributed by atoms with Gasteiger partial charge in [0.05, 0.1) is 11.4 Å². The number of carbonyl (C=O) groups excluding carboxylic acids is 2. The van der Waals surface area contributed by atoms with Crippen molar-refractivity contribution in [3.8, 4) is 16.9 Å².